The molecule has 0 fully saturated rings. The molecule has 0 aliphatic carbocycles. The van der Waals surface area contributed by atoms with Gasteiger partial charge in [-0.15, -0.1) is 24.2 Å². The quantitative estimate of drug-likeness (QED) is 0.730. The Morgan fingerprint density at radius 3 is 2.48 bits per heavy atom. The average molecular weight is 350 g/mol. The number of hydrogen-bond donors (Lipinski definition) is 3. The van der Waals surface area contributed by atoms with Crippen molar-refractivity contribution in [3.63, 3.8) is 0 Å². The number of fused-ring (bicyclic) bond motifs is 1. The average Bonchev–Trinajstić information content (AvgIpc) is 2.55. The molecule has 0 saturated heterocycles. The van der Waals surface area contributed by atoms with Gasteiger partial charge >= 0.3 is 6.03 Å². The molecule has 3 N–H and O–H groups in total. The van der Waals surface area contributed by atoms with Crippen molar-refractivity contribution >= 4 is 41.6 Å². The van der Waals surface area contributed by atoms with Crippen LogP contribution in [0.15, 0.2) is 47.4 Å². The van der Waals surface area contributed by atoms with Gasteiger partial charge in [0.05, 0.1) is 0 Å². The molecule has 4 nitrogen and oxygen atoms in total. The lowest BCUT2D eigenvalue weighted by Crippen LogP contribution is -2.24. The lowest BCUT2D eigenvalue weighted by molar-refractivity contribution is 0.262. The standard InChI is InChI=1S/C17H19N3OS.ClH/c1-22-16-6-4-14(5-7-16)19-17(21)20-15-3-2-13-11-18-9-8-12(13)10-15;/h2-7,10,18H,8-9,11H2,1H3,(H2,19,20,21);1H. The van der Waals surface area contributed by atoms with Crippen molar-refractivity contribution in [3.05, 3.63) is 53.6 Å². The van der Waals surface area contributed by atoms with E-state index in [9.17, 15) is 4.79 Å². The number of rotatable bonds is 3. The molecule has 0 aromatic heterocycles. The van der Waals surface area contributed by atoms with Crippen LogP contribution in [0.25, 0.3) is 0 Å². The van der Waals surface area contributed by atoms with Crippen LogP contribution >= 0.6 is 24.2 Å². The molecule has 0 unspecified atom stereocenters. The third kappa shape index (κ3) is 4.64. The second kappa shape index (κ2) is 8.24. The summed E-state index contributed by atoms with van der Waals surface area (Å²) in [4.78, 5) is 13.2. The largest absolute Gasteiger partial charge is 0.323 e. The molecule has 3 rings (SSSR count). The van der Waals surface area contributed by atoms with Crippen molar-refractivity contribution in [3.8, 4) is 0 Å². The first-order valence-corrected chi connectivity index (χ1v) is 8.51. The normalized spacial score (nSPS) is 12.7. The van der Waals surface area contributed by atoms with Gasteiger partial charge in [0.25, 0.3) is 0 Å². The minimum atomic E-state index is -0.217. The van der Waals surface area contributed by atoms with E-state index in [1.54, 1.807) is 11.8 Å². The number of amides is 2. The molecule has 6 heteroatoms. The zero-order valence-electron chi connectivity index (χ0n) is 12.9. The van der Waals surface area contributed by atoms with Gasteiger partial charge in [-0.2, -0.15) is 0 Å². The lowest BCUT2D eigenvalue weighted by atomic mass is 10.0. The molecule has 2 amide bonds. The topological polar surface area (TPSA) is 53.2 Å². The van der Waals surface area contributed by atoms with Crippen molar-refractivity contribution in [1.82, 2.24) is 5.32 Å². The number of urea groups is 1. The number of carbonyl (C=O) groups excluding carboxylic acids is 1. The van der Waals surface area contributed by atoms with Crippen molar-refractivity contribution in [1.29, 1.82) is 0 Å². The summed E-state index contributed by atoms with van der Waals surface area (Å²) in [6.45, 7) is 1.90. The van der Waals surface area contributed by atoms with Crippen LogP contribution in [0.5, 0.6) is 0 Å². The van der Waals surface area contributed by atoms with Crippen LogP contribution in [0, 0.1) is 0 Å². The van der Waals surface area contributed by atoms with Crippen LogP contribution in [0.1, 0.15) is 11.1 Å². The van der Waals surface area contributed by atoms with Crippen LogP contribution in [0.3, 0.4) is 0 Å². The number of thioether (sulfide) groups is 1. The van der Waals surface area contributed by atoms with Crippen LogP contribution in [-0.4, -0.2) is 18.8 Å². The molecule has 23 heavy (non-hydrogen) atoms. The van der Waals surface area contributed by atoms with Crippen LogP contribution in [-0.2, 0) is 13.0 Å². The van der Waals surface area contributed by atoms with Gasteiger partial charge in [-0.3, -0.25) is 0 Å². The molecular formula is C17H20ClN3OS. The van der Waals surface area contributed by atoms with Gasteiger partial charge in [-0.25, -0.2) is 4.79 Å². The molecule has 0 bridgehead atoms. The SMILES string of the molecule is CSc1ccc(NC(=O)Nc2ccc3c(c2)CCNC3)cc1.Cl. The van der Waals surface area contributed by atoms with Crippen LogP contribution in [0.4, 0.5) is 16.2 Å². The Morgan fingerprint density at radius 2 is 1.74 bits per heavy atom. The Kier molecular flexibility index (Phi) is 6.33. The fourth-order valence-electron chi connectivity index (χ4n) is 2.52. The molecule has 0 saturated carbocycles. The summed E-state index contributed by atoms with van der Waals surface area (Å²) in [6, 6.07) is 13.7. The predicted octanol–water partition coefficient (Wildman–Crippen LogP) is 4.12. The number of halogens is 1. The minimum absolute atomic E-state index is 0. The molecule has 1 heterocycles. The molecule has 0 atom stereocenters. The van der Waals surface area contributed by atoms with E-state index in [0.717, 1.165) is 30.9 Å². The van der Waals surface area contributed by atoms with Gasteiger partial charge < -0.3 is 16.0 Å². The maximum absolute atomic E-state index is 12.1. The summed E-state index contributed by atoms with van der Waals surface area (Å²) >= 11 is 1.68. The van der Waals surface area contributed by atoms with Gasteiger partial charge in [0.15, 0.2) is 0 Å². The number of nitrogens with one attached hydrogen (secondary N) is 3. The first kappa shape index (κ1) is 17.7. The Bertz CT molecular complexity index is 676. The third-order valence-corrected chi connectivity index (χ3v) is 4.44. The van der Waals surface area contributed by atoms with E-state index in [0.29, 0.717) is 0 Å². The Labute approximate surface area is 146 Å². The smallest absolute Gasteiger partial charge is 0.312 e. The highest BCUT2D eigenvalue weighted by Crippen LogP contribution is 2.20. The van der Waals surface area contributed by atoms with Crippen LogP contribution in [0.2, 0.25) is 0 Å². The van der Waals surface area contributed by atoms with Crippen molar-refractivity contribution in [2.75, 3.05) is 23.4 Å². The highest BCUT2D eigenvalue weighted by atomic mass is 35.5. The third-order valence-electron chi connectivity index (χ3n) is 3.70. The summed E-state index contributed by atoms with van der Waals surface area (Å²) in [7, 11) is 0. The van der Waals surface area contributed by atoms with Gasteiger partial charge in [0.2, 0.25) is 0 Å². The van der Waals surface area contributed by atoms with E-state index in [1.165, 1.54) is 16.0 Å². The fourth-order valence-corrected chi connectivity index (χ4v) is 2.93. The van der Waals surface area contributed by atoms with Gasteiger partial charge in [-0.1, -0.05) is 6.07 Å². The number of anilines is 2. The van der Waals surface area contributed by atoms with E-state index in [1.807, 2.05) is 36.6 Å². The molecule has 1 aliphatic rings. The Hall–Kier alpha value is -1.69. The summed E-state index contributed by atoms with van der Waals surface area (Å²) < 4.78 is 0. The maximum Gasteiger partial charge on any atom is 0.323 e. The number of benzene rings is 2. The number of hydrogen-bond acceptors (Lipinski definition) is 3. The monoisotopic (exact) mass is 349 g/mol. The lowest BCUT2D eigenvalue weighted by Gasteiger charge is -2.18. The van der Waals surface area contributed by atoms with E-state index >= 15 is 0 Å². The number of carbonyl (C=O) groups is 1. The van der Waals surface area contributed by atoms with Crippen molar-refractivity contribution in [2.45, 2.75) is 17.9 Å². The minimum Gasteiger partial charge on any atom is -0.312 e. The van der Waals surface area contributed by atoms with E-state index in [4.69, 9.17) is 0 Å². The highest BCUT2D eigenvalue weighted by molar-refractivity contribution is 7.98. The summed E-state index contributed by atoms with van der Waals surface area (Å²) in [5.41, 5.74) is 4.24. The van der Waals surface area contributed by atoms with E-state index in [-0.39, 0.29) is 18.4 Å². The zero-order valence-corrected chi connectivity index (χ0v) is 14.5. The Balaban J connectivity index is 0.00000192. The molecule has 0 radical (unpaired) electrons. The molecule has 122 valence electrons. The summed E-state index contributed by atoms with van der Waals surface area (Å²) in [5, 5.41) is 9.09. The van der Waals surface area contributed by atoms with E-state index in [2.05, 4.69) is 28.1 Å². The highest BCUT2D eigenvalue weighted by Gasteiger charge is 2.10. The molecular weight excluding hydrogens is 330 g/mol. The second-order valence-corrected chi connectivity index (χ2v) is 6.10. The van der Waals surface area contributed by atoms with Gasteiger partial charge in [0.1, 0.15) is 0 Å². The Morgan fingerprint density at radius 1 is 1.04 bits per heavy atom. The van der Waals surface area contributed by atoms with Crippen LogP contribution < -0.4 is 16.0 Å². The second-order valence-electron chi connectivity index (χ2n) is 5.22. The summed E-state index contributed by atoms with van der Waals surface area (Å²) in [5.74, 6) is 0. The first-order chi connectivity index (χ1) is 10.7. The maximum atomic E-state index is 12.1. The zero-order chi connectivity index (χ0) is 15.4. The molecule has 0 spiro atoms. The molecule has 2 aromatic carbocycles. The van der Waals surface area contributed by atoms with E-state index < -0.39 is 0 Å². The van der Waals surface area contributed by atoms with Crippen molar-refractivity contribution < 1.29 is 4.79 Å². The molecule has 2 aromatic rings. The van der Waals surface area contributed by atoms with Gasteiger partial charge in [0, 0.05) is 22.8 Å². The first-order valence-electron chi connectivity index (χ1n) is 7.29. The van der Waals surface area contributed by atoms with Gasteiger partial charge in [-0.05, 0) is 66.7 Å². The summed E-state index contributed by atoms with van der Waals surface area (Å²) in [6.07, 6.45) is 3.03. The van der Waals surface area contributed by atoms with Crippen molar-refractivity contribution in [2.24, 2.45) is 0 Å². The predicted molar refractivity (Wildman–Crippen MR) is 100.0 cm³/mol. The molecule has 1 aliphatic heterocycles. The fraction of sp³-hybridized carbons (Fsp3) is 0.235.